The van der Waals surface area contributed by atoms with Gasteiger partial charge < -0.3 is 19.9 Å². The summed E-state index contributed by atoms with van der Waals surface area (Å²) in [5.74, 6) is -0.00455. The summed E-state index contributed by atoms with van der Waals surface area (Å²) in [6.07, 6.45) is 1.65. The standard InChI is InChI=1S/C20H25N5O3/c1-14-12-16-17(5-2-6-18(16)23-22-14)21-20(27)25-7-3-4-15(13-25)19(26)24-8-10-28-11-9-24/h2,5-6,12,15H,3-4,7-11,13H2,1H3,(H,21,27)/t15-/m1/s1. The lowest BCUT2D eigenvalue weighted by Crippen LogP contribution is -2.50. The number of fused-ring (bicyclic) bond motifs is 1. The number of amides is 3. The van der Waals surface area contributed by atoms with Crippen LogP contribution in [0.5, 0.6) is 0 Å². The number of aryl methyl sites for hydroxylation is 1. The van der Waals surface area contributed by atoms with E-state index in [0.717, 1.165) is 29.4 Å². The maximum Gasteiger partial charge on any atom is 0.321 e. The number of urea groups is 1. The molecule has 1 atom stereocenters. The number of likely N-dealkylation sites (tertiary alicyclic amines) is 1. The van der Waals surface area contributed by atoms with Gasteiger partial charge in [-0.3, -0.25) is 4.79 Å². The highest BCUT2D eigenvalue weighted by molar-refractivity contribution is 6.00. The first-order valence-corrected chi connectivity index (χ1v) is 9.77. The molecule has 2 fully saturated rings. The number of carbonyl (C=O) groups excluding carboxylic acids is 2. The van der Waals surface area contributed by atoms with Crippen LogP contribution < -0.4 is 5.32 Å². The smallest absolute Gasteiger partial charge is 0.321 e. The highest BCUT2D eigenvalue weighted by Gasteiger charge is 2.32. The molecule has 148 valence electrons. The fourth-order valence-corrected chi connectivity index (χ4v) is 3.87. The number of aromatic nitrogens is 2. The molecule has 2 aliphatic heterocycles. The van der Waals surface area contributed by atoms with E-state index in [4.69, 9.17) is 4.74 Å². The topological polar surface area (TPSA) is 87.7 Å². The Balaban J connectivity index is 1.45. The van der Waals surface area contributed by atoms with E-state index in [1.165, 1.54) is 0 Å². The molecule has 28 heavy (non-hydrogen) atoms. The Bertz CT molecular complexity index is 881. The summed E-state index contributed by atoms with van der Waals surface area (Å²) in [6, 6.07) is 7.32. The monoisotopic (exact) mass is 383 g/mol. The van der Waals surface area contributed by atoms with Gasteiger partial charge in [-0.15, -0.1) is 0 Å². The lowest BCUT2D eigenvalue weighted by atomic mass is 9.96. The molecule has 1 N–H and O–H groups in total. The van der Waals surface area contributed by atoms with E-state index >= 15 is 0 Å². The van der Waals surface area contributed by atoms with Crippen LogP contribution in [0.15, 0.2) is 24.3 Å². The molecular formula is C20H25N5O3. The Morgan fingerprint density at radius 3 is 2.79 bits per heavy atom. The number of carbonyl (C=O) groups is 2. The first kappa shape index (κ1) is 18.6. The number of rotatable bonds is 2. The summed E-state index contributed by atoms with van der Waals surface area (Å²) in [4.78, 5) is 29.3. The van der Waals surface area contributed by atoms with Gasteiger partial charge in [0, 0.05) is 31.6 Å². The predicted molar refractivity (Wildman–Crippen MR) is 105 cm³/mol. The average Bonchev–Trinajstić information content (AvgIpc) is 2.74. The molecule has 3 heterocycles. The zero-order chi connectivity index (χ0) is 19.5. The van der Waals surface area contributed by atoms with Crippen molar-refractivity contribution in [3.63, 3.8) is 0 Å². The second-order valence-electron chi connectivity index (χ2n) is 7.38. The van der Waals surface area contributed by atoms with Crippen LogP contribution in [0.4, 0.5) is 10.5 Å². The number of nitrogens with one attached hydrogen (secondary N) is 1. The lowest BCUT2D eigenvalue weighted by molar-refractivity contribution is -0.141. The number of piperidine rings is 1. The lowest BCUT2D eigenvalue weighted by Gasteiger charge is -2.36. The molecule has 2 aromatic rings. The van der Waals surface area contributed by atoms with Crippen LogP contribution in [0, 0.1) is 12.8 Å². The van der Waals surface area contributed by atoms with Crippen LogP contribution in [0.3, 0.4) is 0 Å². The van der Waals surface area contributed by atoms with Gasteiger partial charge in [0.1, 0.15) is 0 Å². The average molecular weight is 383 g/mol. The summed E-state index contributed by atoms with van der Waals surface area (Å²) < 4.78 is 5.33. The summed E-state index contributed by atoms with van der Waals surface area (Å²) in [5.41, 5.74) is 2.24. The molecule has 1 aromatic heterocycles. The molecule has 0 bridgehead atoms. The molecule has 2 saturated heterocycles. The Morgan fingerprint density at radius 2 is 1.96 bits per heavy atom. The van der Waals surface area contributed by atoms with E-state index in [1.54, 1.807) is 4.90 Å². The van der Waals surface area contributed by atoms with Crippen molar-refractivity contribution in [2.45, 2.75) is 19.8 Å². The number of anilines is 1. The van der Waals surface area contributed by atoms with Crippen molar-refractivity contribution in [2.75, 3.05) is 44.7 Å². The van der Waals surface area contributed by atoms with Crippen LogP contribution >= 0.6 is 0 Å². The number of morpholine rings is 1. The van der Waals surface area contributed by atoms with Crippen molar-refractivity contribution in [1.82, 2.24) is 20.0 Å². The van der Waals surface area contributed by atoms with E-state index in [-0.39, 0.29) is 17.9 Å². The van der Waals surface area contributed by atoms with E-state index in [1.807, 2.05) is 36.1 Å². The fraction of sp³-hybridized carbons (Fsp3) is 0.500. The van der Waals surface area contributed by atoms with Gasteiger partial charge in [0.15, 0.2) is 0 Å². The minimum atomic E-state index is -0.179. The van der Waals surface area contributed by atoms with Crippen molar-refractivity contribution in [3.8, 4) is 0 Å². The Kier molecular flexibility index (Phi) is 5.38. The molecule has 8 nitrogen and oxygen atoms in total. The first-order chi connectivity index (χ1) is 13.6. The minimum absolute atomic E-state index is 0.136. The molecule has 8 heteroatoms. The third-order valence-electron chi connectivity index (χ3n) is 5.37. The van der Waals surface area contributed by atoms with Crippen LogP contribution in [0.25, 0.3) is 10.9 Å². The second kappa shape index (κ2) is 8.10. The molecule has 0 saturated carbocycles. The zero-order valence-electron chi connectivity index (χ0n) is 16.1. The van der Waals surface area contributed by atoms with Gasteiger partial charge >= 0.3 is 6.03 Å². The van der Waals surface area contributed by atoms with E-state index < -0.39 is 0 Å². The third-order valence-corrected chi connectivity index (χ3v) is 5.37. The quantitative estimate of drug-likeness (QED) is 0.857. The highest BCUT2D eigenvalue weighted by atomic mass is 16.5. The van der Waals surface area contributed by atoms with Crippen molar-refractivity contribution in [2.24, 2.45) is 5.92 Å². The van der Waals surface area contributed by atoms with Gasteiger partial charge in [0.05, 0.1) is 36.0 Å². The molecule has 0 spiro atoms. The maximum atomic E-state index is 12.9. The van der Waals surface area contributed by atoms with Gasteiger partial charge in [-0.25, -0.2) is 4.79 Å². The minimum Gasteiger partial charge on any atom is -0.378 e. The van der Waals surface area contributed by atoms with Crippen LogP contribution in [0.2, 0.25) is 0 Å². The van der Waals surface area contributed by atoms with Gasteiger partial charge in [-0.05, 0) is 38.0 Å². The number of benzene rings is 1. The largest absolute Gasteiger partial charge is 0.378 e. The molecular weight excluding hydrogens is 358 g/mol. The van der Waals surface area contributed by atoms with E-state index in [9.17, 15) is 9.59 Å². The van der Waals surface area contributed by atoms with E-state index in [0.29, 0.717) is 45.1 Å². The number of hydrogen-bond acceptors (Lipinski definition) is 5. The molecule has 4 rings (SSSR count). The second-order valence-corrected chi connectivity index (χ2v) is 7.38. The van der Waals surface area contributed by atoms with Gasteiger partial charge in [0.25, 0.3) is 0 Å². The Labute approximate surface area is 163 Å². The Morgan fingerprint density at radius 1 is 1.14 bits per heavy atom. The molecule has 0 aliphatic carbocycles. The van der Waals surface area contributed by atoms with Gasteiger partial charge in [-0.1, -0.05) is 6.07 Å². The van der Waals surface area contributed by atoms with Gasteiger partial charge in [0.2, 0.25) is 5.91 Å². The number of hydrogen-bond donors (Lipinski definition) is 1. The molecule has 1 aromatic carbocycles. The predicted octanol–water partition coefficient (Wildman–Crippen LogP) is 2.04. The highest BCUT2D eigenvalue weighted by Crippen LogP contribution is 2.24. The molecule has 0 radical (unpaired) electrons. The number of nitrogens with zero attached hydrogens (tertiary/aromatic N) is 4. The molecule has 0 unspecified atom stereocenters. The maximum absolute atomic E-state index is 12.9. The van der Waals surface area contributed by atoms with Crippen LogP contribution in [-0.2, 0) is 9.53 Å². The van der Waals surface area contributed by atoms with E-state index in [2.05, 4.69) is 15.5 Å². The molecule has 3 amide bonds. The van der Waals surface area contributed by atoms with Crippen LogP contribution in [0.1, 0.15) is 18.5 Å². The molecule has 2 aliphatic rings. The van der Waals surface area contributed by atoms with Gasteiger partial charge in [-0.2, -0.15) is 10.2 Å². The zero-order valence-corrected chi connectivity index (χ0v) is 16.1. The first-order valence-electron chi connectivity index (χ1n) is 9.77. The van der Waals surface area contributed by atoms with Crippen LogP contribution in [-0.4, -0.2) is 71.3 Å². The Hall–Kier alpha value is -2.74. The normalized spacial score (nSPS) is 20.2. The summed E-state index contributed by atoms with van der Waals surface area (Å²) >= 11 is 0. The summed E-state index contributed by atoms with van der Waals surface area (Å²) in [7, 11) is 0. The van der Waals surface area contributed by atoms with Crippen molar-refractivity contribution >= 4 is 28.5 Å². The fourth-order valence-electron chi connectivity index (χ4n) is 3.87. The summed E-state index contributed by atoms with van der Waals surface area (Å²) in [5, 5.41) is 12.1. The van der Waals surface area contributed by atoms with Crippen molar-refractivity contribution < 1.29 is 14.3 Å². The van der Waals surface area contributed by atoms with Crippen molar-refractivity contribution in [1.29, 1.82) is 0 Å². The SMILES string of the molecule is Cc1cc2c(NC(=O)N3CCC[C@@H](C(=O)N4CCOCC4)C3)cccc2nn1. The third kappa shape index (κ3) is 3.91. The number of ether oxygens (including phenoxy) is 1. The van der Waals surface area contributed by atoms with Crippen molar-refractivity contribution in [3.05, 3.63) is 30.0 Å². The summed E-state index contributed by atoms with van der Waals surface area (Å²) in [6.45, 7) is 5.43.